The number of hydrogen-bond acceptors (Lipinski definition) is 4. The van der Waals surface area contributed by atoms with E-state index in [2.05, 4.69) is 29.4 Å². The third-order valence-electron chi connectivity index (χ3n) is 7.07. The van der Waals surface area contributed by atoms with Gasteiger partial charge in [0, 0.05) is 18.7 Å². The quantitative estimate of drug-likeness (QED) is 0.0694. The zero-order chi connectivity index (χ0) is 29.6. The minimum absolute atomic E-state index is 0.0575. The van der Waals surface area contributed by atoms with Crippen LogP contribution in [0.15, 0.2) is 60.8 Å². The summed E-state index contributed by atoms with van der Waals surface area (Å²) in [6, 6.07) is 12.9. The number of amides is 1. The molecule has 3 N–H and O–H groups in total. The maximum Gasteiger partial charge on any atom is 0.325 e. The first kappa shape index (κ1) is 34.7. The predicted octanol–water partition coefficient (Wildman–Crippen LogP) is 7.90. The Labute approximate surface area is 247 Å². The van der Waals surface area contributed by atoms with Gasteiger partial charge in [-0.3, -0.25) is 14.3 Å². The minimum Gasteiger partial charge on any atom is -0.487 e. The number of rotatable bonds is 23. The lowest BCUT2D eigenvalue weighted by Crippen LogP contribution is -2.37. The van der Waals surface area contributed by atoms with Crippen LogP contribution in [0.1, 0.15) is 108 Å². The number of benzene rings is 1. The van der Waals surface area contributed by atoms with Crippen molar-refractivity contribution in [1.29, 1.82) is 0 Å². The lowest BCUT2D eigenvalue weighted by molar-refractivity contribution is -0.121. The van der Waals surface area contributed by atoms with Gasteiger partial charge < -0.3 is 19.8 Å². The molecule has 1 aromatic heterocycles. The fourth-order valence-corrected chi connectivity index (χ4v) is 5.32. The molecule has 228 valence electrons. The second-order valence-electron chi connectivity index (χ2n) is 10.9. The Hall–Kier alpha value is -2.47. The van der Waals surface area contributed by atoms with Crippen LogP contribution >= 0.6 is 7.60 Å². The monoisotopic (exact) mass is 586 g/mol. The molecule has 0 unspecified atom stereocenters. The summed E-state index contributed by atoms with van der Waals surface area (Å²) in [5.41, 5.74) is 1.81. The molecule has 1 aromatic carbocycles. The second kappa shape index (κ2) is 21.3. The van der Waals surface area contributed by atoms with Gasteiger partial charge in [-0.25, -0.2) is 0 Å². The molecule has 1 heterocycles. The molecule has 0 saturated heterocycles. The molecule has 41 heavy (non-hydrogen) atoms. The summed E-state index contributed by atoms with van der Waals surface area (Å²) in [6.07, 6.45) is 21.6. The molecule has 1 atom stereocenters. The summed E-state index contributed by atoms with van der Waals surface area (Å²) in [5.74, 6) is 0.655. The predicted molar refractivity (Wildman–Crippen MR) is 167 cm³/mol. The molecule has 1 amide bonds. The zero-order valence-corrected chi connectivity index (χ0v) is 25.8. The summed E-state index contributed by atoms with van der Waals surface area (Å²) < 4.78 is 17.3. The fourth-order valence-electron chi connectivity index (χ4n) is 4.68. The molecular weight excluding hydrogens is 535 g/mol. The van der Waals surface area contributed by atoms with Gasteiger partial charge in [0.1, 0.15) is 12.4 Å². The van der Waals surface area contributed by atoms with E-state index in [9.17, 15) is 19.1 Å². The number of nitrogens with one attached hydrogen (secondary N) is 1. The highest BCUT2D eigenvalue weighted by Crippen LogP contribution is 2.35. The molecule has 0 saturated carbocycles. The Morgan fingerprint density at radius 2 is 1.59 bits per heavy atom. The van der Waals surface area contributed by atoms with Gasteiger partial charge in [-0.1, -0.05) is 82.2 Å². The van der Waals surface area contributed by atoms with E-state index >= 15 is 0 Å². The van der Waals surface area contributed by atoms with Crippen molar-refractivity contribution in [3.63, 3.8) is 0 Å². The van der Waals surface area contributed by atoms with E-state index in [0.717, 1.165) is 36.9 Å². The average molecular weight is 587 g/mol. The number of allylic oxidation sites excluding steroid dienone is 2. The van der Waals surface area contributed by atoms with Crippen LogP contribution in [0.25, 0.3) is 0 Å². The Morgan fingerprint density at radius 3 is 2.22 bits per heavy atom. The lowest BCUT2D eigenvalue weighted by Gasteiger charge is -2.19. The first-order chi connectivity index (χ1) is 19.9. The van der Waals surface area contributed by atoms with Crippen LogP contribution < -0.4 is 10.1 Å². The number of hydrogen-bond donors (Lipinski definition) is 3. The van der Waals surface area contributed by atoms with Crippen LogP contribution in [-0.4, -0.2) is 32.9 Å². The zero-order valence-electron chi connectivity index (χ0n) is 24.9. The van der Waals surface area contributed by atoms with Crippen LogP contribution in [-0.2, 0) is 22.4 Å². The first-order valence-electron chi connectivity index (χ1n) is 15.5. The van der Waals surface area contributed by atoms with Crippen LogP contribution in [0, 0.1) is 0 Å². The molecule has 0 aliphatic rings. The summed E-state index contributed by atoms with van der Waals surface area (Å²) in [6.45, 7) is 2.62. The highest BCUT2D eigenvalue weighted by Gasteiger charge is 2.19. The molecule has 0 spiro atoms. The van der Waals surface area contributed by atoms with Gasteiger partial charge in [0.2, 0.25) is 5.91 Å². The van der Waals surface area contributed by atoms with Crippen molar-refractivity contribution in [3.8, 4) is 5.75 Å². The summed E-state index contributed by atoms with van der Waals surface area (Å²) in [5, 5.41) is 3.02. The van der Waals surface area contributed by atoms with Crippen LogP contribution in [0.3, 0.4) is 0 Å². The molecule has 0 radical (unpaired) electrons. The van der Waals surface area contributed by atoms with Gasteiger partial charge in [-0.15, -0.1) is 0 Å². The van der Waals surface area contributed by atoms with Gasteiger partial charge in [0.15, 0.2) is 0 Å². The Bertz CT molecular complexity index is 1020. The van der Waals surface area contributed by atoms with E-state index in [-0.39, 0.29) is 24.5 Å². The van der Waals surface area contributed by atoms with Gasteiger partial charge in [0.25, 0.3) is 0 Å². The van der Waals surface area contributed by atoms with Gasteiger partial charge in [-0.2, -0.15) is 0 Å². The number of ether oxygens (including phenoxy) is 1. The second-order valence-corrected chi connectivity index (χ2v) is 12.7. The van der Waals surface area contributed by atoms with Crippen molar-refractivity contribution < 1.29 is 23.9 Å². The van der Waals surface area contributed by atoms with Crippen molar-refractivity contribution in [2.45, 2.75) is 116 Å². The van der Waals surface area contributed by atoms with Crippen molar-refractivity contribution in [2.24, 2.45) is 0 Å². The number of nitrogens with zero attached hydrogens (tertiary/aromatic N) is 1. The highest BCUT2D eigenvalue weighted by molar-refractivity contribution is 7.51. The minimum atomic E-state index is -4.15. The highest BCUT2D eigenvalue weighted by atomic mass is 31.2. The Kier molecular flexibility index (Phi) is 18.0. The van der Waals surface area contributed by atoms with Crippen molar-refractivity contribution in [1.82, 2.24) is 10.3 Å². The maximum absolute atomic E-state index is 12.6. The van der Waals surface area contributed by atoms with E-state index in [0.29, 0.717) is 25.2 Å². The molecule has 2 rings (SSSR count). The molecule has 0 aliphatic heterocycles. The molecule has 0 aliphatic carbocycles. The van der Waals surface area contributed by atoms with Gasteiger partial charge in [0.05, 0.1) is 11.9 Å². The van der Waals surface area contributed by atoms with E-state index in [1.807, 2.05) is 42.5 Å². The van der Waals surface area contributed by atoms with E-state index in [4.69, 9.17) is 4.74 Å². The topological polar surface area (TPSA) is 109 Å². The number of unbranched alkanes of at least 4 members (excludes halogenated alkanes) is 10. The van der Waals surface area contributed by atoms with Crippen LogP contribution in [0.4, 0.5) is 0 Å². The van der Waals surface area contributed by atoms with Gasteiger partial charge in [-0.05, 0) is 74.8 Å². The molecule has 8 heteroatoms. The summed E-state index contributed by atoms with van der Waals surface area (Å²) in [4.78, 5) is 35.6. The van der Waals surface area contributed by atoms with Crippen molar-refractivity contribution in [2.75, 3.05) is 6.16 Å². The molecule has 0 bridgehead atoms. The van der Waals surface area contributed by atoms with Crippen molar-refractivity contribution in [3.05, 3.63) is 72.1 Å². The fraction of sp³-hybridized carbons (Fsp3) is 0.576. The average Bonchev–Trinajstić information content (AvgIpc) is 2.96. The number of pyridine rings is 1. The Balaban J connectivity index is 1.66. The molecule has 7 nitrogen and oxygen atoms in total. The van der Waals surface area contributed by atoms with Gasteiger partial charge >= 0.3 is 7.60 Å². The maximum atomic E-state index is 12.6. The third-order valence-corrected chi connectivity index (χ3v) is 7.91. The Morgan fingerprint density at radius 1 is 0.927 bits per heavy atom. The van der Waals surface area contributed by atoms with Crippen LogP contribution in [0.2, 0.25) is 0 Å². The first-order valence-corrected chi connectivity index (χ1v) is 17.3. The molecular formula is C33H51N2O5P. The van der Waals surface area contributed by atoms with Crippen molar-refractivity contribution >= 4 is 13.5 Å². The standard InChI is InChI=1S/C33H51N2O5P/c1-2-3-4-5-6-7-8-9-10-11-12-13-14-15-19-33(36)35-30(24-26-41(37,38)39)27-29-20-22-32(23-21-29)40-28-31-18-16-17-25-34-31/h8-9,16-18,20-23,25,30H,2-7,10-15,19,24,26-28H2,1H3,(H,35,36)(H2,37,38,39)/b9-8-/t30-/m0/s1. The molecule has 0 fully saturated rings. The largest absolute Gasteiger partial charge is 0.487 e. The lowest BCUT2D eigenvalue weighted by atomic mass is 10.0. The molecule has 2 aromatic rings. The number of carbonyl (C=O) groups is 1. The van der Waals surface area contributed by atoms with E-state index in [1.165, 1.54) is 51.4 Å². The van der Waals surface area contributed by atoms with E-state index < -0.39 is 7.60 Å². The van der Waals surface area contributed by atoms with Crippen LogP contribution in [0.5, 0.6) is 5.75 Å². The smallest absolute Gasteiger partial charge is 0.325 e. The number of aromatic nitrogens is 1. The normalized spacial score (nSPS) is 12.5. The van der Waals surface area contributed by atoms with E-state index in [1.54, 1.807) is 6.20 Å². The summed E-state index contributed by atoms with van der Waals surface area (Å²) >= 11 is 0. The number of carbonyl (C=O) groups excluding carboxylic acids is 1. The summed E-state index contributed by atoms with van der Waals surface area (Å²) in [7, 11) is -4.15. The SMILES string of the molecule is CCCCCCC/C=C\CCCCCCCC(=O)N[C@@H](CCP(=O)(O)O)Cc1ccc(OCc2ccccn2)cc1. The third kappa shape index (κ3) is 18.6.